The minimum Gasteiger partial charge on any atom is -0.369 e. The monoisotopic (exact) mass is 263 g/mol. The maximum Gasteiger partial charge on any atom is 0.201 e. The summed E-state index contributed by atoms with van der Waals surface area (Å²) < 4.78 is 1.94. The summed E-state index contributed by atoms with van der Waals surface area (Å²) in [6.07, 6.45) is 3.50. The van der Waals surface area contributed by atoms with Gasteiger partial charge in [-0.25, -0.2) is 4.98 Å². The molecule has 0 amide bonds. The van der Waals surface area contributed by atoms with E-state index in [9.17, 15) is 0 Å². The van der Waals surface area contributed by atoms with Crippen LogP contribution in [0.25, 0.3) is 11.0 Å². The van der Waals surface area contributed by atoms with Crippen molar-refractivity contribution in [2.24, 2.45) is 0 Å². The van der Waals surface area contributed by atoms with E-state index < -0.39 is 0 Å². The van der Waals surface area contributed by atoms with Crippen molar-refractivity contribution in [1.29, 1.82) is 5.26 Å². The van der Waals surface area contributed by atoms with Crippen LogP contribution in [0.5, 0.6) is 0 Å². The molecule has 0 spiro atoms. The van der Waals surface area contributed by atoms with Crippen molar-refractivity contribution in [3.05, 3.63) is 53.9 Å². The fourth-order valence-electron chi connectivity index (χ4n) is 2.42. The van der Waals surface area contributed by atoms with Gasteiger partial charge in [0.25, 0.3) is 0 Å². The molecule has 2 aromatic heterocycles. The number of nitrogens with zero attached hydrogens (tertiary/aromatic N) is 4. The fraction of sp³-hybridized carbons (Fsp3) is 0.133. The average Bonchev–Trinajstić information content (AvgIpc) is 2.83. The second kappa shape index (κ2) is 4.67. The maximum atomic E-state index is 9.14. The molecule has 5 nitrogen and oxygen atoms in total. The summed E-state index contributed by atoms with van der Waals surface area (Å²) in [5.74, 6) is 0.409. The Morgan fingerprint density at radius 3 is 2.70 bits per heavy atom. The van der Waals surface area contributed by atoms with Crippen LogP contribution in [-0.4, -0.2) is 14.5 Å². The third-order valence-electron chi connectivity index (χ3n) is 3.44. The third-order valence-corrected chi connectivity index (χ3v) is 3.44. The van der Waals surface area contributed by atoms with Crippen molar-refractivity contribution >= 4 is 17.0 Å². The molecular weight excluding hydrogens is 250 g/mol. The Hall–Kier alpha value is -2.87. The molecule has 0 radical (unpaired) electrons. The van der Waals surface area contributed by atoms with Gasteiger partial charge < -0.3 is 10.3 Å². The molecule has 3 rings (SSSR count). The second-order valence-electron chi connectivity index (χ2n) is 4.58. The highest BCUT2D eigenvalue weighted by Gasteiger charge is 2.17. The summed E-state index contributed by atoms with van der Waals surface area (Å²) in [5, 5.41) is 9.14. The molecule has 1 unspecified atom stereocenters. The van der Waals surface area contributed by atoms with Crippen molar-refractivity contribution in [3.8, 4) is 6.07 Å². The second-order valence-corrected chi connectivity index (χ2v) is 4.58. The van der Waals surface area contributed by atoms with Crippen molar-refractivity contribution in [1.82, 2.24) is 14.5 Å². The van der Waals surface area contributed by atoms with Gasteiger partial charge in [0.2, 0.25) is 5.95 Å². The predicted molar refractivity (Wildman–Crippen MR) is 76.9 cm³/mol. The van der Waals surface area contributed by atoms with Gasteiger partial charge in [0.15, 0.2) is 0 Å². The summed E-state index contributed by atoms with van der Waals surface area (Å²) in [7, 11) is 0. The number of imidazole rings is 1. The summed E-state index contributed by atoms with van der Waals surface area (Å²) in [4.78, 5) is 8.36. The van der Waals surface area contributed by atoms with Gasteiger partial charge in [-0.1, -0.05) is 6.07 Å². The van der Waals surface area contributed by atoms with E-state index in [1.165, 1.54) is 0 Å². The molecular formula is C15H13N5. The van der Waals surface area contributed by atoms with E-state index in [1.807, 2.05) is 35.8 Å². The van der Waals surface area contributed by atoms with Crippen LogP contribution in [0.2, 0.25) is 0 Å². The normalized spacial score (nSPS) is 12.2. The molecule has 3 aromatic rings. The highest BCUT2D eigenvalue weighted by Crippen LogP contribution is 2.28. The Kier molecular flexibility index (Phi) is 2.84. The SMILES string of the molecule is CC(c1ccncc1)n1c(N)nc2c(C#N)cccc21. The zero-order chi connectivity index (χ0) is 14.1. The highest BCUT2D eigenvalue weighted by molar-refractivity contribution is 5.84. The minimum atomic E-state index is 0.0249. The standard InChI is InChI=1S/C15H13N5/c1-10(11-5-7-18-8-6-11)20-13-4-2-3-12(9-16)14(13)19-15(20)17/h2-8,10H,1H3,(H2,17,19). The zero-order valence-corrected chi connectivity index (χ0v) is 11.0. The lowest BCUT2D eigenvalue weighted by Gasteiger charge is -2.16. The number of pyridine rings is 1. The third kappa shape index (κ3) is 1.79. The van der Waals surface area contributed by atoms with E-state index in [1.54, 1.807) is 18.5 Å². The number of nitriles is 1. The fourth-order valence-corrected chi connectivity index (χ4v) is 2.42. The largest absolute Gasteiger partial charge is 0.369 e. The lowest BCUT2D eigenvalue weighted by molar-refractivity contribution is 0.667. The van der Waals surface area contributed by atoms with Gasteiger partial charge in [0, 0.05) is 12.4 Å². The number of nitrogen functional groups attached to an aromatic ring is 1. The molecule has 2 N–H and O–H groups in total. The highest BCUT2D eigenvalue weighted by atomic mass is 15.2. The number of fused-ring (bicyclic) bond motifs is 1. The van der Waals surface area contributed by atoms with Crippen LogP contribution in [0, 0.1) is 11.3 Å². The molecule has 1 aromatic carbocycles. The topological polar surface area (TPSA) is 80.5 Å². The first-order valence-electron chi connectivity index (χ1n) is 6.29. The molecule has 20 heavy (non-hydrogen) atoms. The Morgan fingerprint density at radius 2 is 2.00 bits per heavy atom. The predicted octanol–water partition coefficient (Wildman–Crippen LogP) is 2.49. The van der Waals surface area contributed by atoms with Gasteiger partial charge >= 0.3 is 0 Å². The Bertz CT molecular complexity index is 798. The number of rotatable bonds is 2. The molecule has 5 heteroatoms. The molecule has 0 fully saturated rings. The molecule has 2 heterocycles. The van der Waals surface area contributed by atoms with Gasteiger partial charge in [-0.05, 0) is 36.8 Å². The number of benzene rings is 1. The van der Waals surface area contributed by atoms with Crippen LogP contribution in [0.15, 0.2) is 42.7 Å². The molecule has 0 aliphatic rings. The van der Waals surface area contributed by atoms with E-state index in [4.69, 9.17) is 11.0 Å². The number of nitrogens with two attached hydrogens (primary N) is 1. The first kappa shape index (κ1) is 12.2. The number of anilines is 1. The molecule has 0 saturated heterocycles. The van der Waals surface area contributed by atoms with Crippen molar-refractivity contribution in [2.45, 2.75) is 13.0 Å². The van der Waals surface area contributed by atoms with Crippen LogP contribution in [0.4, 0.5) is 5.95 Å². The van der Waals surface area contributed by atoms with Crippen molar-refractivity contribution < 1.29 is 0 Å². The first-order chi connectivity index (χ1) is 9.72. The quantitative estimate of drug-likeness (QED) is 0.770. The van der Waals surface area contributed by atoms with Gasteiger partial charge in [-0.3, -0.25) is 4.98 Å². The molecule has 0 saturated carbocycles. The molecule has 0 aliphatic heterocycles. The van der Waals surface area contributed by atoms with E-state index in [0.717, 1.165) is 11.1 Å². The molecule has 98 valence electrons. The van der Waals surface area contributed by atoms with Crippen LogP contribution < -0.4 is 5.73 Å². The molecule has 0 bridgehead atoms. The number of aromatic nitrogens is 3. The molecule has 0 aliphatic carbocycles. The van der Waals surface area contributed by atoms with Gasteiger partial charge in [0.05, 0.1) is 17.1 Å². The lowest BCUT2D eigenvalue weighted by Crippen LogP contribution is -2.10. The van der Waals surface area contributed by atoms with Gasteiger partial charge in [-0.2, -0.15) is 5.26 Å². The zero-order valence-electron chi connectivity index (χ0n) is 11.0. The summed E-state index contributed by atoms with van der Waals surface area (Å²) in [6, 6.07) is 11.6. The Morgan fingerprint density at radius 1 is 1.25 bits per heavy atom. The van der Waals surface area contributed by atoms with Crippen LogP contribution >= 0.6 is 0 Å². The van der Waals surface area contributed by atoms with Crippen molar-refractivity contribution in [2.75, 3.05) is 5.73 Å². The van der Waals surface area contributed by atoms with Crippen LogP contribution in [0.3, 0.4) is 0 Å². The van der Waals surface area contributed by atoms with E-state index in [-0.39, 0.29) is 6.04 Å². The Labute approximate surface area is 116 Å². The smallest absolute Gasteiger partial charge is 0.201 e. The summed E-state index contributed by atoms with van der Waals surface area (Å²) >= 11 is 0. The number of hydrogen-bond acceptors (Lipinski definition) is 4. The van der Waals surface area contributed by atoms with Crippen LogP contribution in [0.1, 0.15) is 24.1 Å². The lowest BCUT2D eigenvalue weighted by atomic mass is 10.1. The van der Waals surface area contributed by atoms with E-state index >= 15 is 0 Å². The Balaban J connectivity index is 2.22. The van der Waals surface area contributed by atoms with E-state index in [2.05, 4.69) is 16.0 Å². The average molecular weight is 263 g/mol. The van der Waals surface area contributed by atoms with Gasteiger partial charge in [0.1, 0.15) is 11.6 Å². The summed E-state index contributed by atoms with van der Waals surface area (Å²) in [5.41, 5.74) is 9.18. The van der Waals surface area contributed by atoms with Crippen LogP contribution in [-0.2, 0) is 0 Å². The first-order valence-corrected chi connectivity index (χ1v) is 6.29. The minimum absolute atomic E-state index is 0.0249. The number of para-hydroxylation sites is 1. The van der Waals surface area contributed by atoms with Gasteiger partial charge in [-0.15, -0.1) is 0 Å². The summed E-state index contributed by atoms with van der Waals surface area (Å²) in [6.45, 7) is 2.05. The number of hydrogen-bond donors (Lipinski definition) is 1. The maximum absolute atomic E-state index is 9.14. The van der Waals surface area contributed by atoms with E-state index in [0.29, 0.717) is 17.0 Å². The molecule has 1 atom stereocenters. The van der Waals surface area contributed by atoms with Crippen molar-refractivity contribution in [3.63, 3.8) is 0 Å².